The molecule has 0 aromatic heterocycles. The molecule has 3 heteroatoms. The minimum atomic E-state index is -0.737. The van der Waals surface area contributed by atoms with Gasteiger partial charge in [0.25, 0.3) is 0 Å². The van der Waals surface area contributed by atoms with Crippen LogP contribution < -0.4 is 0 Å². The van der Waals surface area contributed by atoms with Crippen LogP contribution in [0, 0.1) is 16.7 Å². The van der Waals surface area contributed by atoms with Gasteiger partial charge in [-0.05, 0) is 29.2 Å². The molecule has 0 N–H and O–H groups in total. The highest BCUT2D eigenvalue weighted by atomic mass is 16.2. The molecular formula is C17H16N2O. The summed E-state index contributed by atoms with van der Waals surface area (Å²) in [4.78, 5) is 14.0. The smallest absolute Gasteiger partial charge is 0.243 e. The Morgan fingerprint density at radius 2 is 1.95 bits per heavy atom. The van der Waals surface area contributed by atoms with Crippen LogP contribution in [0.1, 0.15) is 18.4 Å². The van der Waals surface area contributed by atoms with E-state index in [0.29, 0.717) is 19.4 Å². The van der Waals surface area contributed by atoms with E-state index in [2.05, 4.69) is 24.3 Å². The summed E-state index contributed by atoms with van der Waals surface area (Å²) in [6, 6.07) is 16.4. The molecule has 1 amide bonds. The zero-order valence-corrected chi connectivity index (χ0v) is 11.5. The third kappa shape index (κ3) is 2.04. The summed E-state index contributed by atoms with van der Waals surface area (Å²) in [5.41, 5.74) is 0.381. The van der Waals surface area contributed by atoms with Gasteiger partial charge in [-0.1, -0.05) is 42.5 Å². The van der Waals surface area contributed by atoms with Crippen molar-refractivity contribution in [3.8, 4) is 6.07 Å². The first-order valence-corrected chi connectivity index (χ1v) is 6.80. The van der Waals surface area contributed by atoms with Crippen molar-refractivity contribution in [1.82, 2.24) is 4.90 Å². The van der Waals surface area contributed by atoms with Crippen molar-refractivity contribution in [3.63, 3.8) is 0 Å². The van der Waals surface area contributed by atoms with Crippen LogP contribution in [0.15, 0.2) is 42.5 Å². The average Bonchev–Trinajstić information content (AvgIpc) is 3.28. The fraction of sp³-hybridized carbons (Fsp3) is 0.294. The quantitative estimate of drug-likeness (QED) is 0.855. The minimum absolute atomic E-state index is 0.0482. The normalized spacial score (nSPS) is 15.6. The Morgan fingerprint density at radius 1 is 1.25 bits per heavy atom. The van der Waals surface area contributed by atoms with Gasteiger partial charge < -0.3 is 4.90 Å². The zero-order valence-electron chi connectivity index (χ0n) is 11.5. The van der Waals surface area contributed by atoms with Crippen LogP contribution in [0.2, 0.25) is 0 Å². The van der Waals surface area contributed by atoms with E-state index >= 15 is 0 Å². The summed E-state index contributed by atoms with van der Waals surface area (Å²) in [7, 11) is 1.78. The van der Waals surface area contributed by atoms with Gasteiger partial charge in [0, 0.05) is 13.6 Å². The predicted molar refractivity (Wildman–Crippen MR) is 77.7 cm³/mol. The molecule has 20 heavy (non-hydrogen) atoms. The molecule has 0 aliphatic heterocycles. The Balaban J connectivity index is 1.87. The molecule has 1 aliphatic carbocycles. The first kappa shape index (κ1) is 12.7. The maximum atomic E-state index is 12.3. The van der Waals surface area contributed by atoms with Gasteiger partial charge in [-0.25, -0.2) is 0 Å². The number of carbonyl (C=O) groups is 1. The van der Waals surface area contributed by atoms with Gasteiger partial charge in [-0.15, -0.1) is 0 Å². The number of amides is 1. The molecule has 0 saturated heterocycles. The molecule has 0 heterocycles. The van der Waals surface area contributed by atoms with E-state index < -0.39 is 5.41 Å². The third-order valence-corrected chi connectivity index (χ3v) is 4.01. The monoisotopic (exact) mass is 264 g/mol. The van der Waals surface area contributed by atoms with Crippen molar-refractivity contribution < 1.29 is 4.79 Å². The fourth-order valence-corrected chi connectivity index (χ4v) is 2.62. The molecule has 1 fully saturated rings. The Bertz CT molecular complexity index is 705. The number of hydrogen-bond donors (Lipinski definition) is 0. The summed E-state index contributed by atoms with van der Waals surface area (Å²) in [6.07, 6.45) is 1.39. The molecule has 0 atom stereocenters. The number of nitriles is 1. The van der Waals surface area contributed by atoms with Crippen LogP contribution in [0.5, 0.6) is 0 Å². The van der Waals surface area contributed by atoms with Crippen molar-refractivity contribution in [2.45, 2.75) is 19.4 Å². The second-order valence-corrected chi connectivity index (χ2v) is 5.49. The van der Waals surface area contributed by atoms with Crippen molar-refractivity contribution in [1.29, 1.82) is 5.26 Å². The lowest BCUT2D eigenvalue weighted by Gasteiger charge is -2.20. The molecular weight excluding hydrogens is 248 g/mol. The van der Waals surface area contributed by atoms with E-state index in [1.54, 1.807) is 11.9 Å². The summed E-state index contributed by atoms with van der Waals surface area (Å²) in [5, 5.41) is 11.5. The van der Waals surface area contributed by atoms with Crippen molar-refractivity contribution in [2.24, 2.45) is 5.41 Å². The molecule has 100 valence electrons. The van der Waals surface area contributed by atoms with Gasteiger partial charge in [-0.3, -0.25) is 4.79 Å². The van der Waals surface area contributed by atoms with Gasteiger partial charge in [-0.2, -0.15) is 5.26 Å². The Hall–Kier alpha value is -2.34. The average molecular weight is 264 g/mol. The van der Waals surface area contributed by atoms with Crippen LogP contribution in [-0.2, 0) is 11.3 Å². The first-order chi connectivity index (χ1) is 9.66. The number of hydrogen-bond acceptors (Lipinski definition) is 2. The highest BCUT2D eigenvalue weighted by Gasteiger charge is 2.51. The summed E-state index contributed by atoms with van der Waals surface area (Å²) >= 11 is 0. The summed E-state index contributed by atoms with van der Waals surface area (Å²) in [6.45, 7) is 0.545. The van der Waals surface area contributed by atoms with E-state index in [4.69, 9.17) is 5.26 Å². The van der Waals surface area contributed by atoms with Crippen molar-refractivity contribution in [3.05, 3.63) is 48.0 Å². The van der Waals surface area contributed by atoms with E-state index in [0.717, 1.165) is 10.9 Å². The molecule has 0 spiro atoms. The highest BCUT2D eigenvalue weighted by Crippen LogP contribution is 2.46. The minimum Gasteiger partial charge on any atom is -0.340 e. The van der Waals surface area contributed by atoms with Crippen LogP contribution in [0.4, 0.5) is 0 Å². The summed E-state index contributed by atoms with van der Waals surface area (Å²) < 4.78 is 0. The fourth-order valence-electron chi connectivity index (χ4n) is 2.62. The lowest BCUT2D eigenvalue weighted by atomic mass is 10.0. The second-order valence-electron chi connectivity index (χ2n) is 5.49. The molecule has 0 radical (unpaired) electrons. The van der Waals surface area contributed by atoms with Gasteiger partial charge in [0.2, 0.25) is 5.91 Å². The van der Waals surface area contributed by atoms with Crippen molar-refractivity contribution >= 4 is 16.7 Å². The SMILES string of the molecule is CN(Cc1cccc2ccccc12)C(=O)C1(C#N)CC1. The van der Waals surface area contributed by atoms with Gasteiger partial charge in [0.05, 0.1) is 6.07 Å². The van der Waals surface area contributed by atoms with E-state index in [1.807, 2.05) is 24.3 Å². The third-order valence-electron chi connectivity index (χ3n) is 4.01. The second kappa shape index (κ2) is 4.64. The van der Waals surface area contributed by atoms with Gasteiger partial charge >= 0.3 is 0 Å². The molecule has 3 nitrogen and oxygen atoms in total. The lowest BCUT2D eigenvalue weighted by molar-refractivity contribution is -0.134. The van der Waals surface area contributed by atoms with Crippen LogP contribution in [0.25, 0.3) is 10.8 Å². The van der Waals surface area contributed by atoms with Crippen molar-refractivity contribution in [2.75, 3.05) is 7.05 Å². The topological polar surface area (TPSA) is 44.1 Å². The maximum Gasteiger partial charge on any atom is 0.243 e. The molecule has 1 saturated carbocycles. The Kier molecular flexibility index (Phi) is 2.94. The Morgan fingerprint density at radius 3 is 2.65 bits per heavy atom. The molecule has 0 bridgehead atoms. The maximum absolute atomic E-state index is 12.3. The highest BCUT2D eigenvalue weighted by molar-refractivity contribution is 5.89. The van der Waals surface area contributed by atoms with E-state index in [-0.39, 0.29) is 5.91 Å². The molecule has 2 aromatic rings. The number of carbonyl (C=O) groups excluding carboxylic acids is 1. The van der Waals surface area contributed by atoms with Crippen LogP contribution in [-0.4, -0.2) is 17.9 Å². The number of rotatable bonds is 3. The van der Waals surface area contributed by atoms with Gasteiger partial charge in [0.1, 0.15) is 5.41 Å². The predicted octanol–water partition coefficient (Wildman–Crippen LogP) is 3.10. The number of fused-ring (bicyclic) bond motifs is 1. The number of nitrogens with zero attached hydrogens (tertiary/aromatic N) is 2. The standard InChI is InChI=1S/C17H16N2O/c1-19(16(20)17(12-18)9-10-17)11-14-7-4-6-13-5-2-3-8-15(13)14/h2-8H,9-11H2,1H3. The zero-order chi connectivity index (χ0) is 14.2. The number of benzene rings is 2. The van der Waals surface area contributed by atoms with Gasteiger partial charge in [0.15, 0.2) is 0 Å². The van der Waals surface area contributed by atoms with E-state index in [1.165, 1.54) is 5.39 Å². The van der Waals surface area contributed by atoms with Crippen LogP contribution >= 0.6 is 0 Å². The molecule has 0 unspecified atom stereocenters. The Labute approximate surface area is 118 Å². The molecule has 2 aromatic carbocycles. The van der Waals surface area contributed by atoms with E-state index in [9.17, 15) is 4.79 Å². The van der Waals surface area contributed by atoms with Crippen LogP contribution in [0.3, 0.4) is 0 Å². The molecule has 1 aliphatic rings. The lowest BCUT2D eigenvalue weighted by Crippen LogP contribution is -2.33. The first-order valence-electron chi connectivity index (χ1n) is 6.80. The summed E-state index contributed by atoms with van der Waals surface area (Å²) in [5.74, 6) is -0.0482. The molecule has 3 rings (SSSR count). The largest absolute Gasteiger partial charge is 0.340 e.